The molecule has 1 aromatic rings. The predicted octanol–water partition coefficient (Wildman–Crippen LogP) is 1.71. The first kappa shape index (κ1) is 15.0. The van der Waals surface area contributed by atoms with Crippen LogP contribution in [0.1, 0.15) is 25.3 Å². The molecule has 1 heterocycles. The Morgan fingerprint density at radius 2 is 2.10 bits per heavy atom. The number of hydrogen-bond donors (Lipinski definition) is 0. The van der Waals surface area contributed by atoms with Crippen LogP contribution in [0.15, 0.2) is 29.2 Å². The second-order valence-corrected chi connectivity index (χ2v) is 6.65. The largest absolute Gasteiger partial charge is 0.465 e. The van der Waals surface area contributed by atoms with Crippen LogP contribution in [0.5, 0.6) is 0 Å². The highest BCUT2D eigenvalue weighted by Gasteiger charge is 2.40. The monoisotopic (exact) mass is 297 g/mol. The number of carbonyl (C=O) groups is 1. The fourth-order valence-corrected chi connectivity index (χ4v) is 4.35. The highest BCUT2D eigenvalue weighted by atomic mass is 32.2. The number of aryl methyl sites for hydroxylation is 1. The van der Waals surface area contributed by atoms with E-state index in [-0.39, 0.29) is 11.5 Å². The number of sulfonamides is 1. The summed E-state index contributed by atoms with van der Waals surface area (Å²) >= 11 is 0. The van der Waals surface area contributed by atoms with Gasteiger partial charge in [-0.3, -0.25) is 4.79 Å². The van der Waals surface area contributed by atoms with Gasteiger partial charge in [-0.15, -0.1) is 0 Å². The minimum Gasteiger partial charge on any atom is -0.465 e. The van der Waals surface area contributed by atoms with Crippen molar-refractivity contribution in [3.63, 3.8) is 0 Å². The summed E-state index contributed by atoms with van der Waals surface area (Å²) in [5, 5.41) is 0. The topological polar surface area (TPSA) is 63.7 Å². The van der Waals surface area contributed by atoms with Gasteiger partial charge in [0.05, 0.1) is 11.5 Å². The minimum atomic E-state index is -3.65. The van der Waals surface area contributed by atoms with Crippen LogP contribution in [0.4, 0.5) is 0 Å². The first-order valence-corrected chi connectivity index (χ1v) is 8.16. The van der Waals surface area contributed by atoms with Crippen molar-refractivity contribution >= 4 is 16.0 Å². The van der Waals surface area contributed by atoms with Gasteiger partial charge in [0.2, 0.25) is 10.0 Å². The Hall–Kier alpha value is -1.40. The Morgan fingerprint density at radius 3 is 2.75 bits per heavy atom. The zero-order valence-corrected chi connectivity index (χ0v) is 12.5. The first-order valence-electron chi connectivity index (χ1n) is 6.72. The number of esters is 1. The van der Waals surface area contributed by atoms with E-state index in [0.29, 0.717) is 24.9 Å². The molecule has 2 rings (SSSR count). The van der Waals surface area contributed by atoms with Crippen LogP contribution in [0.2, 0.25) is 0 Å². The number of carbonyl (C=O) groups excluding carboxylic acids is 1. The van der Waals surface area contributed by atoms with Crippen LogP contribution in [-0.2, 0) is 19.6 Å². The quantitative estimate of drug-likeness (QED) is 0.794. The zero-order chi connectivity index (χ0) is 14.8. The van der Waals surface area contributed by atoms with Crippen molar-refractivity contribution in [2.24, 2.45) is 0 Å². The van der Waals surface area contributed by atoms with Crippen LogP contribution in [-0.4, -0.2) is 37.9 Å². The molecule has 1 aliphatic rings. The molecule has 1 unspecified atom stereocenters. The molecule has 0 spiro atoms. The average Bonchev–Trinajstić information content (AvgIpc) is 2.89. The molecule has 1 atom stereocenters. The van der Waals surface area contributed by atoms with Gasteiger partial charge in [0.1, 0.15) is 6.04 Å². The van der Waals surface area contributed by atoms with Crippen molar-refractivity contribution < 1.29 is 17.9 Å². The summed E-state index contributed by atoms with van der Waals surface area (Å²) in [5.41, 5.74) is 0.682. The van der Waals surface area contributed by atoms with Crippen molar-refractivity contribution in [3.05, 3.63) is 29.8 Å². The maximum absolute atomic E-state index is 12.7. The third-order valence-electron chi connectivity index (χ3n) is 3.44. The van der Waals surface area contributed by atoms with E-state index in [1.807, 2.05) is 0 Å². The molecule has 1 aromatic carbocycles. The van der Waals surface area contributed by atoms with E-state index < -0.39 is 22.0 Å². The second kappa shape index (κ2) is 5.93. The van der Waals surface area contributed by atoms with E-state index in [9.17, 15) is 13.2 Å². The van der Waals surface area contributed by atoms with E-state index >= 15 is 0 Å². The van der Waals surface area contributed by atoms with Gasteiger partial charge < -0.3 is 4.74 Å². The van der Waals surface area contributed by atoms with Crippen molar-refractivity contribution in [1.29, 1.82) is 0 Å². The van der Waals surface area contributed by atoms with E-state index in [0.717, 1.165) is 0 Å². The highest BCUT2D eigenvalue weighted by Crippen LogP contribution is 2.28. The van der Waals surface area contributed by atoms with Gasteiger partial charge >= 0.3 is 5.97 Å². The predicted molar refractivity (Wildman–Crippen MR) is 74.7 cm³/mol. The maximum Gasteiger partial charge on any atom is 0.324 e. The molecule has 0 saturated carbocycles. The minimum absolute atomic E-state index is 0.258. The van der Waals surface area contributed by atoms with E-state index in [4.69, 9.17) is 4.74 Å². The molecule has 20 heavy (non-hydrogen) atoms. The average molecular weight is 297 g/mol. The lowest BCUT2D eigenvalue weighted by Gasteiger charge is -2.23. The standard InChI is InChI=1S/C14H19NO4S/c1-3-19-14(16)12-8-6-10-15(12)20(17,18)13-9-5-4-7-11(13)2/h4-5,7,9,12H,3,6,8,10H2,1-2H3. The van der Waals surface area contributed by atoms with Crippen molar-refractivity contribution in [3.8, 4) is 0 Å². The van der Waals surface area contributed by atoms with Crippen LogP contribution in [0.25, 0.3) is 0 Å². The van der Waals surface area contributed by atoms with Crippen LogP contribution < -0.4 is 0 Å². The molecule has 0 aliphatic carbocycles. The van der Waals surface area contributed by atoms with Crippen molar-refractivity contribution in [2.45, 2.75) is 37.6 Å². The molecule has 0 radical (unpaired) electrons. The van der Waals surface area contributed by atoms with E-state index in [2.05, 4.69) is 0 Å². The van der Waals surface area contributed by atoms with Gasteiger partial charge in [-0.1, -0.05) is 18.2 Å². The SMILES string of the molecule is CCOC(=O)C1CCCN1S(=O)(=O)c1ccccc1C. The molecule has 0 N–H and O–H groups in total. The Bertz CT molecular complexity index is 597. The molecular weight excluding hydrogens is 278 g/mol. The molecular formula is C14H19NO4S. The molecule has 0 bridgehead atoms. The Morgan fingerprint density at radius 1 is 1.40 bits per heavy atom. The van der Waals surface area contributed by atoms with Gasteiger partial charge in [0.15, 0.2) is 0 Å². The lowest BCUT2D eigenvalue weighted by molar-refractivity contribution is -0.146. The number of ether oxygens (including phenoxy) is 1. The fraction of sp³-hybridized carbons (Fsp3) is 0.500. The summed E-state index contributed by atoms with van der Waals surface area (Å²) in [6.45, 7) is 4.09. The Balaban J connectivity index is 2.34. The summed E-state index contributed by atoms with van der Waals surface area (Å²) in [6, 6.07) is 6.11. The lowest BCUT2D eigenvalue weighted by Crippen LogP contribution is -2.41. The molecule has 110 valence electrons. The van der Waals surface area contributed by atoms with Gasteiger partial charge in [0.25, 0.3) is 0 Å². The summed E-state index contributed by atoms with van der Waals surface area (Å²) in [5.74, 6) is -0.456. The van der Waals surface area contributed by atoms with Crippen LogP contribution in [0, 0.1) is 6.92 Å². The third-order valence-corrected chi connectivity index (χ3v) is 5.51. The van der Waals surface area contributed by atoms with Gasteiger partial charge in [-0.25, -0.2) is 8.42 Å². The van der Waals surface area contributed by atoms with E-state index in [1.54, 1.807) is 38.1 Å². The number of benzene rings is 1. The van der Waals surface area contributed by atoms with Crippen LogP contribution in [0.3, 0.4) is 0 Å². The summed E-state index contributed by atoms with van der Waals surface area (Å²) in [4.78, 5) is 12.2. The first-order chi connectivity index (χ1) is 9.48. The molecule has 0 amide bonds. The normalized spacial score (nSPS) is 20.0. The van der Waals surface area contributed by atoms with Gasteiger partial charge in [0, 0.05) is 6.54 Å². The summed E-state index contributed by atoms with van der Waals surface area (Å²) < 4.78 is 31.6. The van der Waals surface area contributed by atoms with Gasteiger partial charge in [-0.2, -0.15) is 4.31 Å². The summed E-state index contributed by atoms with van der Waals surface area (Å²) in [6.07, 6.45) is 1.19. The maximum atomic E-state index is 12.7. The number of nitrogens with zero attached hydrogens (tertiary/aromatic N) is 1. The molecule has 5 nitrogen and oxygen atoms in total. The highest BCUT2D eigenvalue weighted by molar-refractivity contribution is 7.89. The smallest absolute Gasteiger partial charge is 0.324 e. The number of rotatable bonds is 4. The Labute approximate surface area is 119 Å². The lowest BCUT2D eigenvalue weighted by atomic mass is 10.2. The van der Waals surface area contributed by atoms with Gasteiger partial charge in [-0.05, 0) is 38.3 Å². The van der Waals surface area contributed by atoms with Crippen molar-refractivity contribution in [2.75, 3.05) is 13.2 Å². The van der Waals surface area contributed by atoms with Crippen molar-refractivity contribution in [1.82, 2.24) is 4.31 Å². The number of hydrogen-bond acceptors (Lipinski definition) is 4. The molecule has 0 aromatic heterocycles. The Kier molecular flexibility index (Phi) is 4.45. The molecule has 1 saturated heterocycles. The fourth-order valence-electron chi connectivity index (χ4n) is 2.47. The third kappa shape index (κ3) is 2.71. The summed E-state index contributed by atoms with van der Waals surface area (Å²) in [7, 11) is -3.65. The second-order valence-electron chi connectivity index (χ2n) is 4.79. The molecule has 6 heteroatoms. The zero-order valence-electron chi connectivity index (χ0n) is 11.7. The molecule has 1 aliphatic heterocycles. The molecule has 1 fully saturated rings. The van der Waals surface area contributed by atoms with Crippen LogP contribution >= 0.6 is 0 Å². The van der Waals surface area contributed by atoms with E-state index in [1.165, 1.54) is 4.31 Å².